The Kier molecular flexibility index (Phi) is 38.0. The number of ether oxygens (including phenoxy) is 7. The zero-order valence-corrected chi connectivity index (χ0v) is 45.7. The van der Waals surface area contributed by atoms with Crippen LogP contribution in [-0.2, 0) is 61.2 Å². The van der Waals surface area contributed by atoms with Crippen LogP contribution in [0.15, 0.2) is 0 Å². The van der Waals surface area contributed by atoms with Gasteiger partial charge in [-0.15, -0.1) is 0 Å². The zero-order valence-electron chi connectivity index (χ0n) is 44.8. The van der Waals surface area contributed by atoms with Crippen LogP contribution in [0.1, 0.15) is 132 Å². The standard InChI is InChI=1S/C25H31F5O7.C15H29NO7.C7H18NO4P.C2H6/c1-12-13(2)24(36-15(4)32)16(11-35-14(3)31)10-17(12)34-9-7-5-6-8-18(33)37-25-22(29)20(27)19(26)21(28)23(25)30;1-10-13(19)14(20)11(8-17)23-15(10)22-7-5-3-4-6-12(18)16-9-21-2;1-11-13(9,10)12-7-5-3-2-4-6-8;1-2/h12-13,16-17,24H,5-11H2,1-4H3;10-11,13-15,17,19-20H,3-9H2,1-2H3,(H,16,18);2-8H2,1H3,(H,9,10);1-2H3/t12?,13-,16?,17-,24-;10?,11?,13-,14+,15-;;/m11../s1. The van der Waals surface area contributed by atoms with Crippen LogP contribution >= 0.6 is 7.82 Å². The number of hydrogen-bond acceptors (Lipinski definition) is 18. The molecule has 0 bridgehead atoms. The SMILES string of the molecule is CC.CC(=O)OCC1C[C@@H](OCCCCCC(=O)Oc2c(F)c(F)c(F)c(F)c2F)C(C)[C@@H](C)[C@H]1OC(C)=O.COCNC(=O)CCCCCO[C@@H]1OC(CO)[C@H](O)[C@H](O)C1C.COP(=O)(O)OCCCCCCN. The molecule has 5 unspecified atom stereocenters. The van der Waals surface area contributed by atoms with Crippen molar-refractivity contribution in [3.8, 4) is 5.75 Å². The number of benzene rings is 1. The highest BCUT2D eigenvalue weighted by molar-refractivity contribution is 7.47. The first-order chi connectivity index (χ1) is 35.5. The summed E-state index contributed by atoms with van der Waals surface area (Å²) >= 11 is 0. The molecule has 2 aliphatic rings. The van der Waals surface area contributed by atoms with E-state index in [9.17, 15) is 55.9 Å². The molecule has 7 N–H and O–H groups in total. The molecule has 20 nitrogen and oxygen atoms in total. The summed E-state index contributed by atoms with van der Waals surface area (Å²) in [4.78, 5) is 54.8. The fraction of sp³-hybridized carbons (Fsp3) is 0.796. The maximum Gasteiger partial charge on any atom is 0.471 e. The lowest BCUT2D eigenvalue weighted by molar-refractivity contribution is -0.282. The summed E-state index contributed by atoms with van der Waals surface area (Å²) in [5.41, 5.74) is 5.30. The molecule has 1 aromatic carbocycles. The Morgan fingerprint density at radius 1 is 0.733 bits per heavy atom. The average molecular weight is 1120 g/mol. The number of hydrogen-bond donors (Lipinski definition) is 6. The predicted molar refractivity (Wildman–Crippen MR) is 262 cm³/mol. The highest BCUT2D eigenvalue weighted by Gasteiger charge is 2.44. The van der Waals surface area contributed by atoms with Gasteiger partial charge in [-0.1, -0.05) is 60.3 Å². The largest absolute Gasteiger partial charge is 0.471 e. The minimum absolute atomic E-state index is 0.0363. The number of carbonyl (C=O) groups excluding carboxylic acids is 4. The number of unbranched alkanes of at least 4 members (excludes halogenated alkanes) is 7. The van der Waals surface area contributed by atoms with Crippen molar-refractivity contribution in [2.45, 2.75) is 169 Å². The molecule has 1 amide bonds. The lowest BCUT2D eigenvalue weighted by Crippen LogP contribution is -2.55. The molecule has 0 spiro atoms. The summed E-state index contributed by atoms with van der Waals surface area (Å²) in [5.74, 6) is -15.4. The third-order valence-corrected chi connectivity index (χ3v) is 13.0. The van der Waals surface area contributed by atoms with Gasteiger partial charge in [0.05, 0.1) is 32.0 Å². The van der Waals surface area contributed by atoms with Crippen LogP contribution in [0.3, 0.4) is 0 Å². The van der Waals surface area contributed by atoms with E-state index in [4.69, 9.17) is 44.2 Å². The maximum atomic E-state index is 13.6. The summed E-state index contributed by atoms with van der Waals surface area (Å²) in [5, 5.41) is 31.4. The Morgan fingerprint density at radius 2 is 1.28 bits per heavy atom. The quantitative estimate of drug-likeness (QED) is 0.00713. The average Bonchev–Trinajstić information content (AvgIpc) is 3.38. The number of carbonyl (C=O) groups is 4. The van der Waals surface area contributed by atoms with Gasteiger partial charge >= 0.3 is 25.7 Å². The Labute approximate surface area is 437 Å². The number of amides is 1. The molecule has 1 aliphatic heterocycles. The molecule has 26 heteroatoms. The molecule has 11 atom stereocenters. The number of esters is 3. The van der Waals surface area contributed by atoms with Crippen LogP contribution in [0.4, 0.5) is 22.0 Å². The van der Waals surface area contributed by atoms with Gasteiger partial charge in [0.15, 0.2) is 6.29 Å². The van der Waals surface area contributed by atoms with Crippen LogP contribution < -0.4 is 15.8 Å². The smallest absolute Gasteiger partial charge is 0.465 e. The van der Waals surface area contributed by atoms with Crippen LogP contribution in [0, 0.1) is 52.8 Å². The van der Waals surface area contributed by atoms with E-state index in [1.165, 1.54) is 21.0 Å². The van der Waals surface area contributed by atoms with Gasteiger partial charge < -0.3 is 64.4 Å². The Bertz CT molecular complexity index is 1810. The van der Waals surface area contributed by atoms with Crippen molar-refractivity contribution in [3.63, 3.8) is 0 Å². The summed E-state index contributed by atoms with van der Waals surface area (Å²) in [6.45, 7) is 13.9. The Hall–Kier alpha value is -3.46. The minimum atomic E-state index is -3.75. The van der Waals surface area contributed by atoms with Gasteiger partial charge in [-0.25, -0.2) is 17.7 Å². The topological polar surface area (TPSA) is 287 Å². The number of methoxy groups -OCH3 is 1. The number of nitrogens with two attached hydrogens (primary N) is 1. The molecule has 1 aliphatic carbocycles. The van der Waals surface area contributed by atoms with E-state index in [0.717, 1.165) is 52.1 Å². The highest BCUT2D eigenvalue weighted by Crippen LogP contribution is 2.42. The molecular formula is C49H84F5N2O18P. The van der Waals surface area contributed by atoms with Crippen molar-refractivity contribution in [3.05, 3.63) is 29.1 Å². The van der Waals surface area contributed by atoms with E-state index in [-0.39, 0.29) is 75.1 Å². The molecule has 438 valence electrons. The molecule has 0 radical (unpaired) electrons. The highest BCUT2D eigenvalue weighted by atomic mass is 31.2. The normalized spacial score (nSPS) is 23.9. The first kappa shape index (κ1) is 71.5. The molecule has 1 saturated carbocycles. The number of phosphoric acid groups is 1. The van der Waals surface area contributed by atoms with Crippen molar-refractivity contribution < 1.29 is 108 Å². The second kappa shape index (κ2) is 39.8. The second-order valence-electron chi connectivity index (χ2n) is 17.7. The molecule has 2 fully saturated rings. The van der Waals surface area contributed by atoms with Gasteiger partial charge in [-0.3, -0.25) is 28.2 Å². The molecule has 3 rings (SSSR count). The number of halogens is 5. The van der Waals surface area contributed by atoms with E-state index >= 15 is 0 Å². The van der Waals surface area contributed by atoms with Gasteiger partial charge in [0.25, 0.3) is 0 Å². The maximum absolute atomic E-state index is 13.6. The zero-order chi connectivity index (χ0) is 57.3. The van der Waals surface area contributed by atoms with E-state index in [2.05, 4.69) is 19.1 Å². The first-order valence-electron chi connectivity index (χ1n) is 25.3. The van der Waals surface area contributed by atoms with E-state index in [1.54, 1.807) is 6.92 Å². The molecule has 1 aromatic rings. The minimum Gasteiger partial charge on any atom is -0.465 e. The predicted octanol–water partition coefficient (Wildman–Crippen LogP) is 6.67. The third kappa shape index (κ3) is 27.6. The van der Waals surface area contributed by atoms with Crippen LogP contribution in [0.25, 0.3) is 0 Å². The van der Waals surface area contributed by atoms with Crippen LogP contribution in [0.2, 0.25) is 0 Å². The van der Waals surface area contributed by atoms with Gasteiger partial charge in [0, 0.05) is 66.0 Å². The van der Waals surface area contributed by atoms with Crippen LogP contribution in [-0.4, -0.2) is 141 Å². The molecule has 0 aromatic heterocycles. The second-order valence-corrected chi connectivity index (χ2v) is 19.2. The monoisotopic (exact) mass is 1110 g/mol. The number of nitrogens with one attached hydrogen (secondary N) is 1. The lowest BCUT2D eigenvalue weighted by Gasteiger charge is -2.43. The fourth-order valence-electron chi connectivity index (χ4n) is 7.59. The summed E-state index contributed by atoms with van der Waals surface area (Å²) < 4.78 is 123. The first-order valence-corrected chi connectivity index (χ1v) is 26.8. The van der Waals surface area contributed by atoms with Crippen molar-refractivity contribution in [2.75, 3.05) is 60.5 Å². The number of phosphoric ester groups is 1. The van der Waals surface area contributed by atoms with E-state index in [1.807, 2.05) is 27.7 Å². The van der Waals surface area contributed by atoms with Gasteiger partial charge in [-0.05, 0) is 63.3 Å². The van der Waals surface area contributed by atoms with Gasteiger partial charge in [0.1, 0.15) is 25.0 Å². The van der Waals surface area contributed by atoms with Crippen molar-refractivity contribution >= 4 is 31.6 Å². The van der Waals surface area contributed by atoms with Crippen LogP contribution in [0.5, 0.6) is 5.75 Å². The number of rotatable bonds is 29. The third-order valence-electron chi connectivity index (χ3n) is 12.0. The lowest BCUT2D eigenvalue weighted by atomic mass is 9.72. The Morgan fingerprint density at radius 3 is 1.83 bits per heavy atom. The van der Waals surface area contributed by atoms with E-state index in [0.29, 0.717) is 45.4 Å². The summed E-state index contributed by atoms with van der Waals surface area (Å²) in [6, 6.07) is 0. The Balaban J connectivity index is 0.00000122. The van der Waals surface area contributed by atoms with Gasteiger partial charge in [-0.2, -0.15) is 8.78 Å². The molecule has 1 heterocycles. The molecule has 1 saturated heterocycles. The fourth-order valence-corrected chi connectivity index (χ4v) is 8.05. The number of aliphatic hydroxyl groups excluding tert-OH is 3. The van der Waals surface area contributed by atoms with E-state index < -0.39 is 91.3 Å². The van der Waals surface area contributed by atoms with Crippen molar-refractivity contribution in [1.82, 2.24) is 5.32 Å². The van der Waals surface area contributed by atoms with Crippen molar-refractivity contribution in [1.29, 1.82) is 0 Å². The summed E-state index contributed by atoms with van der Waals surface area (Å²) in [7, 11) is -1.09. The molecule has 75 heavy (non-hydrogen) atoms. The molecular weight excluding hydrogens is 1030 g/mol. The van der Waals surface area contributed by atoms with Gasteiger partial charge in [0.2, 0.25) is 40.7 Å². The van der Waals surface area contributed by atoms with Crippen molar-refractivity contribution in [2.24, 2.45) is 29.4 Å². The number of aliphatic hydroxyl groups is 3. The summed E-state index contributed by atoms with van der Waals surface area (Å²) in [6.07, 6.45) is 3.73.